The van der Waals surface area contributed by atoms with Gasteiger partial charge in [0.05, 0.1) is 6.04 Å². The molecule has 4 rings (SSSR count). The summed E-state index contributed by atoms with van der Waals surface area (Å²) in [6, 6.07) is 9.36. The van der Waals surface area contributed by atoms with Gasteiger partial charge in [-0.1, -0.05) is 39.0 Å². The molecule has 2 heterocycles. The van der Waals surface area contributed by atoms with Gasteiger partial charge in [-0.15, -0.1) is 0 Å². The van der Waals surface area contributed by atoms with E-state index >= 15 is 0 Å². The van der Waals surface area contributed by atoms with Gasteiger partial charge in [0.1, 0.15) is 30.6 Å². The van der Waals surface area contributed by atoms with E-state index in [9.17, 15) is 8.78 Å². The Morgan fingerprint density at radius 2 is 1.76 bits per heavy atom. The van der Waals surface area contributed by atoms with Crippen LogP contribution in [-0.4, -0.2) is 12.9 Å². The maximum atomic E-state index is 14.3. The van der Waals surface area contributed by atoms with E-state index in [0.717, 1.165) is 11.3 Å². The van der Waals surface area contributed by atoms with Crippen LogP contribution in [-0.2, 0) is 14.9 Å². The maximum Gasteiger partial charge on any atom is 0.148 e. The average molecular weight is 345 g/mol. The predicted octanol–water partition coefficient (Wildman–Crippen LogP) is 4.84. The Bertz CT molecular complexity index is 796. The van der Waals surface area contributed by atoms with Crippen LogP contribution in [0.2, 0.25) is 0 Å². The molecule has 0 bridgehead atoms. The van der Waals surface area contributed by atoms with Gasteiger partial charge in [-0.05, 0) is 29.2 Å². The number of benzene rings is 2. The van der Waals surface area contributed by atoms with E-state index in [1.54, 1.807) is 0 Å². The summed E-state index contributed by atoms with van der Waals surface area (Å²) in [5.74, 6) is -1.16. The Morgan fingerprint density at radius 3 is 2.44 bits per heavy atom. The fourth-order valence-corrected chi connectivity index (χ4v) is 3.60. The van der Waals surface area contributed by atoms with Crippen molar-refractivity contribution in [3.05, 3.63) is 64.7 Å². The molecule has 0 radical (unpaired) electrons. The molecule has 2 aromatic carbocycles. The van der Waals surface area contributed by atoms with Crippen molar-refractivity contribution in [1.29, 1.82) is 0 Å². The van der Waals surface area contributed by atoms with E-state index < -0.39 is 23.8 Å². The molecule has 2 aromatic rings. The minimum atomic E-state index is -0.637. The number of ether oxygens (including phenoxy) is 2. The van der Waals surface area contributed by atoms with Gasteiger partial charge in [-0.3, -0.25) is 0 Å². The van der Waals surface area contributed by atoms with Gasteiger partial charge in [0, 0.05) is 16.8 Å². The molecule has 132 valence electrons. The van der Waals surface area contributed by atoms with E-state index in [-0.39, 0.29) is 23.9 Å². The predicted molar refractivity (Wildman–Crippen MR) is 91.4 cm³/mol. The average Bonchev–Trinajstić information content (AvgIpc) is 3.03. The fourth-order valence-electron chi connectivity index (χ4n) is 3.60. The molecule has 1 N–H and O–H groups in total. The minimum absolute atomic E-state index is 0.00150. The standard InChI is InChI=1S/C20H21F2NO2/c1-20(2,3)11-7-8-15-12(9-11)18-19(25-10-24-18)17(23-15)16-13(21)5-4-6-14(16)22/h4-9,17-19,23H,10H2,1-3H3. The summed E-state index contributed by atoms with van der Waals surface area (Å²) in [6.07, 6.45) is -0.823. The van der Waals surface area contributed by atoms with Crippen LogP contribution in [0.4, 0.5) is 14.5 Å². The molecule has 3 unspecified atom stereocenters. The van der Waals surface area contributed by atoms with Gasteiger partial charge in [-0.25, -0.2) is 8.78 Å². The minimum Gasteiger partial charge on any atom is -0.375 e. The highest BCUT2D eigenvalue weighted by Gasteiger charge is 2.44. The van der Waals surface area contributed by atoms with Crippen molar-refractivity contribution in [2.45, 2.75) is 44.4 Å². The lowest BCUT2D eigenvalue weighted by molar-refractivity contribution is 0.0363. The maximum absolute atomic E-state index is 14.3. The van der Waals surface area contributed by atoms with Crippen LogP contribution in [0, 0.1) is 11.6 Å². The van der Waals surface area contributed by atoms with Crippen molar-refractivity contribution in [3.8, 4) is 0 Å². The third-order valence-corrected chi connectivity index (χ3v) is 4.98. The normalized spacial score (nSPS) is 25.2. The summed E-state index contributed by atoms with van der Waals surface area (Å²) < 4.78 is 40.1. The summed E-state index contributed by atoms with van der Waals surface area (Å²) >= 11 is 0. The lowest BCUT2D eigenvalue weighted by atomic mass is 9.82. The number of rotatable bonds is 1. The van der Waals surface area contributed by atoms with Crippen molar-refractivity contribution >= 4 is 5.69 Å². The number of hydrogen-bond acceptors (Lipinski definition) is 3. The molecule has 3 atom stereocenters. The topological polar surface area (TPSA) is 30.5 Å². The van der Waals surface area contributed by atoms with E-state index in [2.05, 4.69) is 32.2 Å². The molecule has 0 aliphatic carbocycles. The SMILES string of the molecule is CC(C)(C)c1ccc2c(c1)C1OCOC1C(c1c(F)cccc1F)N2. The first kappa shape index (κ1) is 16.5. The third-order valence-electron chi connectivity index (χ3n) is 4.98. The summed E-state index contributed by atoms with van der Waals surface area (Å²) in [6.45, 7) is 6.55. The third kappa shape index (κ3) is 2.71. The van der Waals surface area contributed by atoms with Crippen LogP contribution in [0.1, 0.15) is 49.6 Å². The van der Waals surface area contributed by atoms with Crippen LogP contribution in [0.15, 0.2) is 36.4 Å². The molecule has 0 amide bonds. The Labute approximate surface area is 146 Å². The molecule has 0 spiro atoms. The molecule has 25 heavy (non-hydrogen) atoms. The van der Waals surface area contributed by atoms with Crippen LogP contribution in [0.5, 0.6) is 0 Å². The number of nitrogens with one attached hydrogen (secondary N) is 1. The zero-order chi connectivity index (χ0) is 17.8. The quantitative estimate of drug-likeness (QED) is 0.802. The van der Waals surface area contributed by atoms with E-state index in [1.165, 1.54) is 23.8 Å². The first-order chi connectivity index (χ1) is 11.9. The Kier molecular flexibility index (Phi) is 3.81. The monoisotopic (exact) mass is 345 g/mol. The molecule has 0 aromatic heterocycles. The highest BCUT2D eigenvalue weighted by molar-refractivity contribution is 5.59. The first-order valence-corrected chi connectivity index (χ1v) is 8.44. The molecule has 1 saturated heterocycles. The van der Waals surface area contributed by atoms with Crippen molar-refractivity contribution in [3.63, 3.8) is 0 Å². The van der Waals surface area contributed by atoms with Crippen LogP contribution in [0.3, 0.4) is 0 Å². The first-order valence-electron chi connectivity index (χ1n) is 8.44. The number of hydrogen-bond donors (Lipinski definition) is 1. The molecule has 2 aliphatic heterocycles. The smallest absolute Gasteiger partial charge is 0.148 e. The lowest BCUT2D eigenvalue weighted by Crippen LogP contribution is -2.36. The Morgan fingerprint density at radius 1 is 1.04 bits per heavy atom. The fraction of sp³-hybridized carbons (Fsp3) is 0.400. The largest absolute Gasteiger partial charge is 0.375 e. The van der Waals surface area contributed by atoms with Gasteiger partial charge in [-0.2, -0.15) is 0 Å². The molecular weight excluding hydrogens is 324 g/mol. The zero-order valence-electron chi connectivity index (χ0n) is 14.5. The van der Waals surface area contributed by atoms with Crippen molar-refractivity contribution < 1.29 is 18.3 Å². The van der Waals surface area contributed by atoms with E-state index in [4.69, 9.17) is 9.47 Å². The van der Waals surface area contributed by atoms with E-state index in [0.29, 0.717) is 0 Å². The van der Waals surface area contributed by atoms with Gasteiger partial charge in [0.15, 0.2) is 0 Å². The summed E-state index contributed by atoms with van der Waals surface area (Å²) in [4.78, 5) is 0. The summed E-state index contributed by atoms with van der Waals surface area (Å²) in [7, 11) is 0. The van der Waals surface area contributed by atoms with Gasteiger partial charge >= 0.3 is 0 Å². The second-order valence-electron chi connectivity index (χ2n) is 7.65. The summed E-state index contributed by atoms with van der Waals surface area (Å²) in [5, 5.41) is 3.26. The van der Waals surface area contributed by atoms with Crippen molar-refractivity contribution in [2.75, 3.05) is 12.1 Å². The summed E-state index contributed by atoms with van der Waals surface area (Å²) in [5.41, 5.74) is 2.97. The lowest BCUT2D eigenvalue weighted by Gasteiger charge is -2.36. The van der Waals surface area contributed by atoms with Crippen molar-refractivity contribution in [2.24, 2.45) is 0 Å². The van der Waals surface area contributed by atoms with Crippen molar-refractivity contribution in [1.82, 2.24) is 0 Å². The second-order valence-corrected chi connectivity index (χ2v) is 7.65. The number of halogens is 2. The number of anilines is 1. The molecule has 1 fully saturated rings. The molecule has 2 aliphatic rings. The van der Waals surface area contributed by atoms with E-state index in [1.807, 2.05) is 12.1 Å². The van der Waals surface area contributed by atoms with Gasteiger partial charge < -0.3 is 14.8 Å². The molecule has 3 nitrogen and oxygen atoms in total. The van der Waals surface area contributed by atoms with Gasteiger partial charge in [0.2, 0.25) is 0 Å². The zero-order valence-corrected chi connectivity index (χ0v) is 14.5. The Hall–Kier alpha value is -1.98. The van der Waals surface area contributed by atoms with Crippen LogP contribution in [0.25, 0.3) is 0 Å². The second kappa shape index (κ2) is 5.78. The number of fused-ring (bicyclic) bond motifs is 3. The highest BCUT2D eigenvalue weighted by atomic mass is 19.1. The van der Waals surface area contributed by atoms with Crippen LogP contribution >= 0.6 is 0 Å². The van der Waals surface area contributed by atoms with Crippen LogP contribution < -0.4 is 5.32 Å². The van der Waals surface area contributed by atoms with Gasteiger partial charge in [0.25, 0.3) is 0 Å². The molecule has 5 heteroatoms. The molecule has 0 saturated carbocycles. The molecular formula is C20H21F2NO2. The Balaban J connectivity index is 1.81. The highest BCUT2D eigenvalue weighted by Crippen LogP contribution is 2.47.